The molecule has 0 atom stereocenters. The third-order valence-electron chi connectivity index (χ3n) is 2.61. The van der Waals surface area contributed by atoms with Crippen LogP contribution in [0.5, 0.6) is 0 Å². The van der Waals surface area contributed by atoms with Crippen molar-refractivity contribution in [1.82, 2.24) is 4.98 Å². The van der Waals surface area contributed by atoms with Crippen molar-refractivity contribution in [3.05, 3.63) is 66.6 Å². The average Bonchev–Trinajstić information content (AvgIpc) is 2.47. The summed E-state index contributed by atoms with van der Waals surface area (Å²) >= 11 is 0. The number of pyridine rings is 1. The number of rotatable bonds is 5. The molecule has 0 bridgehead atoms. The monoisotopic (exact) mass is 303 g/mol. The zero-order chi connectivity index (χ0) is 15.3. The highest BCUT2D eigenvalue weighted by atomic mass is 32.2. The summed E-state index contributed by atoms with van der Waals surface area (Å²) in [6, 6.07) is 9.22. The van der Waals surface area contributed by atoms with Crippen molar-refractivity contribution in [3.63, 3.8) is 0 Å². The molecule has 0 saturated carbocycles. The zero-order valence-electron chi connectivity index (χ0n) is 10.9. The van der Waals surface area contributed by atoms with E-state index in [0.29, 0.717) is 11.3 Å². The second kappa shape index (κ2) is 6.29. The molecule has 1 heterocycles. The van der Waals surface area contributed by atoms with E-state index < -0.39 is 10.0 Å². The van der Waals surface area contributed by atoms with Crippen LogP contribution >= 0.6 is 0 Å². The Hall–Kier alpha value is -2.51. The lowest BCUT2D eigenvalue weighted by Gasteiger charge is -2.02. The molecule has 1 aromatic carbocycles. The number of nitrogens with one attached hydrogen (secondary N) is 1. The van der Waals surface area contributed by atoms with Gasteiger partial charge in [-0.3, -0.25) is 9.78 Å². The highest BCUT2D eigenvalue weighted by Gasteiger charge is 2.06. The predicted molar refractivity (Wildman–Crippen MR) is 79.1 cm³/mol. The van der Waals surface area contributed by atoms with Crippen molar-refractivity contribution in [2.24, 2.45) is 5.14 Å². The van der Waals surface area contributed by atoms with Gasteiger partial charge in [0.1, 0.15) is 0 Å². The number of carbonyl (C=O) groups excluding carboxylic acids is 1. The maximum atomic E-state index is 11.8. The number of aromatic nitrogens is 1. The molecular weight excluding hydrogens is 290 g/mol. The molecule has 0 aliphatic rings. The third kappa shape index (κ3) is 4.23. The zero-order valence-corrected chi connectivity index (χ0v) is 11.7. The Labute approximate surface area is 122 Å². The van der Waals surface area contributed by atoms with Crippen molar-refractivity contribution in [3.8, 4) is 0 Å². The van der Waals surface area contributed by atoms with Gasteiger partial charge >= 0.3 is 0 Å². The molecule has 0 unspecified atom stereocenters. The summed E-state index contributed by atoms with van der Waals surface area (Å²) in [5.41, 5.74) is 1.12. The Balaban J connectivity index is 2.00. The number of hydrogen-bond acceptors (Lipinski definition) is 5. The fourth-order valence-corrected chi connectivity index (χ4v) is 2.07. The van der Waals surface area contributed by atoms with Crippen LogP contribution < -0.4 is 10.5 Å². The topological polar surface area (TPSA) is 102 Å². The number of nitrogens with zero attached hydrogens (tertiary/aromatic N) is 1. The Bertz CT molecular complexity index is 754. The van der Waals surface area contributed by atoms with Crippen LogP contribution in [0.3, 0.4) is 0 Å². The van der Waals surface area contributed by atoms with Gasteiger partial charge in [-0.15, -0.1) is 0 Å². The van der Waals surface area contributed by atoms with Gasteiger partial charge in [0.15, 0.2) is 5.78 Å². The molecule has 21 heavy (non-hydrogen) atoms. The number of benzene rings is 1. The van der Waals surface area contributed by atoms with Crippen LogP contribution in [0.1, 0.15) is 10.4 Å². The van der Waals surface area contributed by atoms with Crippen LogP contribution in [-0.4, -0.2) is 19.2 Å². The van der Waals surface area contributed by atoms with E-state index in [0.717, 1.165) is 0 Å². The van der Waals surface area contributed by atoms with Gasteiger partial charge in [0.05, 0.1) is 4.90 Å². The molecule has 0 fully saturated rings. The summed E-state index contributed by atoms with van der Waals surface area (Å²) in [5, 5.41) is 7.86. The van der Waals surface area contributed by atoms with E-state index in [9.17, 15) is 13.2 Å². The van der Waals surface area contributed by atoms with E-state index in [1.165, 1.54) is 30.6 Å². The Kier molecular flexibility index (Phi) is 4.46. The molecule has 0 spiro atoms. The van der Waals surface area contributed by atoms with E-state index in [4.69, 9.17) is 5.14 Å². The Morgan fingerprint density at radius 1 is 1.19 bits per heavy atom. The molecule has 0 saturated heterocycles. The molecule has 1 aromatic heterocycles. The number of sulfonamides is 1. The SMILES string of the molecule is NS(=O)(=O)c1ccc(N/C=C/C(=O)c2cccnc2)cc1. The van der Waals surface area contributed by atoms with Gasteiger partial charge in [-0.05, 0) is 36.4 Å². The summed E-state index contributed by atoms with van der Waals surface area (Å²) in [6.07, 6.45) is 5.91. The summed E-state index contributed by atoms with van der Waals surface area (Å²) < 4.78 is 22.2. The summed E-state index contributed by atoms with van der Waals surface area (Å²) in [7, 11) is -3.70. The fourth-order valence-electron chi connectivity index (χ4n) is 1.56. The van der Waals surface area contributed by atoms with Crippen LogP contribution in [0, 0.1) is 0 Å². The lowest BCUT2D eigenvalue weighted by molar-refractivity contribution is 0.104. The highest BCUT2D eigenvalue weighted by Crippen LogP contribution is 2.12. The first kappa shape index (κ1) is 14.9. The van der Waals surface area contributed by atoms with E-state index >= 15 is 0 Å². The van der Waals surface area contributed by atoms with Crippen molar-refractivity contribution in [2.75, 3.05) is 5.32 Å². The van der Waals surface area contributed by atoms with Crippen molar-refractivity contribution < 1.29 is 13.2 Å². The van der Waals surface area contributed by atoms with Gasteiger partial charge in [-0.25, -0.2) is 13.6 Å². The second-order valence-corrected chi connectivity index (χ2v) is 5.71. The number of allylic oxidation sites excluding steroid dienone is 1. The molecule has 108 valence electrons. The molecule has 3 N–H and O–H groups in total. The summed E-state index contributed by atoms with van der Waals surface area (Å²) in [6.45, 7) is 0. The van der Waals surface area contributed by atoms with Crippen LogP contribution in [0.15, 0.2) is 66.0 Å². The van der Waals surface area contributed by atoms with Gasteiger partial charge in [0.25, 0.3) is 0 Å². The van der Waals surface area contributed by atoms with Gasteiger partial charge in [0.2, 0.25) is 10.0 Å². The molecule has 0 aliphatic heterocycles. The maximum Gasteiger partial charge on any atom is 0.238 e. The molecule has 0 amide bonds. The smallest absolute Gasteiger partial charge is 0.238 e. The van der Waals surface area contributed by atoms with Gasteiger partial charge in [0, 0.05) is 35.9 Å². The number of primary sulfonamides is 1. The lowest BCUT2D eigenvalue weighted by atomic mass is 10.2. The molecular formula is C14H13N3O3S. The minimum absolute atomic E-state index is 0.0310. The molecule has 7 heteroatoms. The predicted octanol–water partition coefficient (Wildman–Crippen LogP) is 1.54. The number of carbonyl (C=O) groups is 1. The lowest BCUT2D eigenvalue weighted by Crippen LogP contribution is -2.11. The van der Waals surface area contributed by atoms with E-state index in [1.807, 2.05) is 0 Å². The van der Waals surface area contributed by atoms with E-state index in [2.05, 4.69) is 10.3 Å². The van der Waals surface area contributed by atoms with Crippen molar-refractivity contribution >= 4 is 21.5 Å². The second-order valence-electron chi connectivity index (χ2n) is 4.15. The molecule has 2 rings (SSSR count). The Morgan fingerprint density at radius 2 is 1.90 bits per heavy atom. The normalized spacial score (nSPS) is 11.5. The van der Waals surface area contributed by atoms with Crippen LogP contribution in [-0.2, 0) is 10.0 Å². The number of ketones is 1. The van der Waals surface area contributed by atoms with E-state index in [-0.39, 0.29) is 10.7 Å². The van der Waals surface area contributed by atoms with Gasteiger partial charge in [-0.1, -0.05) is 0 Å². The largest absolute Gasteiger partial charge is 0.362 e. The fraction of sp³-hybridized carbons (Fsp3) is 0. The van der Waals surface area contributed by atoms with Gasteiger partial charge in [-0.2, -0.15) is 0 Å². The minimum atomic E-state index is -3.70. The first-order valence-electron chi connectivity index (χ1n) is 5.97. The number of hydrogen-bond donors (Lipinski definition) is 2. The quantitative estimate of drug-likeness (QED) is 0.644. The molecule has 2 aromatic rings. The van der Waals surface area contributed by atoms with Gasteiger partial charge < -0.3 is 5.32 Å². The van der Waals surface area contributed by atoms with E-state index in [1.54, 1.807) is 30.5 Å². The Morgan fingerprint density at radius 3 is 2.48 bits per heavy atom. The minimum Gasteiger partial charge on any atom is -0.362 e. The molecule has 0 radical (unpaired) electrons. The maximum absolute atomic E-state index is 11.8. The summed E-state index contributed by atoms with van der Waals surface area (Å²) in [4.78, 5) is 15.6. The number of nitrogens with two attached hydrogens (primary N) is 1. The average molecular weight is 303 g/mol. The van der Waals surface area contributed by atoms with Crippen LogP contribution in [0.2, 0.25) is 0 Å². The highest BCUT2D eigenvalue weighted by molar-refractivity contribution is 7.89. The van der Waals surface area contributed by atoms with Crippen molar-refractivity contribution in [2.45, 2.75) is 4.90 Å². The molecule has 0 aliphatic carbocycles. The summed E-state index contributed by atoms with van der Waals surface area (Å²) in [5.74, 6) is -0.184. The number of anilines is 1. The first-order chi connectivity index (χ1) is 9.97. The van der Waals surface area contributed by atoms with Crippen LogP contribution in [0.25, 0.3) is 0 Å². The van der Waals surface area contributed by atoms with Crippen LogP contribution in [0.4, 0.5) is 5.69 Å². The van der Waals surface area contributed by atoms with Crippen molar-refractivity contribution in [1.29, 1.82) is 0 Å². The third-order valence-corrected chi connectivity index (χ3v) is 3.54. The first-order valence-corrected chi connectivity index (χ1v) is 7.52. The molecule has 6 nitrogen and oxygen atoms in total. The standard InChI is InChI=1S/C14H13N3O3S/c15-21(19,20)13-5-3-12(4-6-13)17-9-7-14(18)11-2-1-8-16-10-11/h1-10,17H,(H2,15,19,20)/b9-7+.